The Morgan fingerprint density at radius 2 is 2.06 bits per heavy atom. The van der Waals surface area contributed by atoms with E-state index in [9.17, 15) is 4.79 Å². The molecule has 5 nitrogen and oxygen atoms in total. The molecule has 0 saturated heterocycles. The Kier molecular flexibility index (Phi) is 6.23. The summed E-state index contributed by atoms with van der Waals surface area (Å²) in [4.78, 5) is 17.6. The summed E-state index contributed by atoms with van der Waals surface area (Å²) in [5, 5.41) is 1.28. The van der Waals surface area contributed by atoms with E-state index in [4.69, 9.17) is 9.47 Å². The summed E-state index contributed by atoms with van der Waals surface area (Å²) < 4.78 is 11.5. The maximum absolute atomic E-state index is 11.3. The minimum absolute atomic E-state index is 0.202. The molecule has 3 aromatic rings. The van der Waals surface area contributed by atoms with Gasteiger partial charge in [-0.15, -0.1) is 0 Å². The number of H-pyrrole nitrogens is 1. The molecular weight excluding hydrogens is 412 g/mol. The first-order valence-electron chi connectivity index (χ1n) is 12.0. The summed E-state index contributed by atoms with van der Waals surface area (Å²) in [6.07, 6.45) is 5.36. The van der Waals surface area contributed by atoms with E-state index in [1.807, 2.05) is 18.2 Å². The van der Waals surface area contributed by atoms with Crippen LogP contribution in [-0.2, 0) is 22.6 Å². The number of esters is 1. The molecule has 0 amide bonds. The third-order valence-corrected chi connectivity index (χ3v) is 7.10. The van der Waals surface area contributed by atoms with Crippen LogP contribution < -0.4 is 4.74 Å². The Morgan fingerprint density at radius 3 is 2.85 bits per heavy atom. The molecule has 33 heavy (non-hydrogen) atoms. The van der Waals surface area contributed by atoms with Crippen molar-refractivity contribution in [1.29, 1.82) is 0 Å². The van der Waals surface area contributed by atoms with Crippen LogP contribution in [0.1, 0.15) is 49.6 Å². The van der Waals surface area contributed by atoms with Crippen LogP contribution in [0, 0.1) is 5.92 Å². The van der Waals surface area contributed by atoms with Crippen molar-refractivity contribution in [3.8, 4) is 5.75 Å². The van der Waals surface area contributed by atoms with Crippen molar-refractivity contribution in [3.63, 3.8) is 0 Å². The Bertz CT molecular complexity index is 1160. The zero-order chi connectivity index (χ0) is 22.8. The summed E-state index contributed by atoms with van der Waals surface area (Å²) in [7, 11) is 0. The molecule has 2 aliphatic rings. The number of carbonyl (C=O) groups is 1. The lowest BCUT2D eigenvalue weighted by atomic mass is 9.84. The standard InChI is InChI=1S/C28H32N2O3/c1-3-21(18-32-19(2)31)22-11-13-30-14-12-24-25-16-23(33-17-20-7-5-4-6-8-20)9-10-26(25)29-28(24)27(30)15-22/h4-11,16,21,27,29H,3,12-15,17-18H2,1-2H3. The molecule has 2 aromatic carbocycles. The summed E-state index contributed by atoms with van der Waals surface area (Å²) in [5.41, 5.74) is 6.52. The third kappa shape index (κ3) is 4.55. The van der Waals surface area contributed by atoms with Crippen molar-refractivity contribution in [2.75, 3.05) is 19.7 Å². The van der Waals surface area contributed by atoms with Crippen molar-refractivity contribution in [2.24, 2.45) is 5.92 Å². The number of aromatic nitrogens is 1. The van der Waals surface area contributed by atoms with Gasteiger partial charge in [0, 0.05) is 42.5 Å². The molecule has 2 aliphatic heterocycles. The van der Waals surface area contributed by atoms with Gasteiger partial charge in [-0.2, -0.15) is 0 Å². The van der Waals surface area contributed by atoms with Gasteiger partial charge in [0.25, 0.3) is 0 Å². The van der Waals surface area contributed by atoms with Gasteiger partial charge < -0.3 is 14.5 Å². The van der Waals surface area contributed by atoms with Crippen molar-refractivity contribution in [3.05, 3.63) is 77.0 Å². The highest BCUT2D eigenvalue weighted by atomic mass is 16.5. The predicted octanol–water partition coefficient (Wildman–Crippen LogP) is 5.57. The Morgan fingerprint density at radius 1 is 1.21 bits per heavy atom. The van der Waals surface area contributed by atoms with Crippen LogP contribution >= 0.6 is 0 Å². The number of nitrogens with one attached hydrogen (secondary N) is 1. The number of carbonyl (C=O) groups excluding carboxylic acids is 1. The average Bonchev–Trinajstić information content (AvgIpc) is 3.22. The molecule has 3 heterocycles. The Balaban J connectivity index is 1.37. The highest BCUT2D eigenvalue weighted by Gasteiger charge is 2.34. The molecule has 5 heteroatoms. The van der Waals surface area contributed by atoms with E-state index in [0.29, 0.717) is 25.2 Å². The molecule has 1 aromatic heterocycles. The minimum Gasteiger partial charge on any atom is -0.489 e. The Hall–Kier alpha value is -3.05. The van der Waals surface area contributed by atoms with Gasteiger partial charge in [0.2, 0.25) is 0 Å². The molecule has 1 N–H and O–H groups in total. The summed E-state index contributed by atoms with van der Waals surface area (Å²) in [5.74, 6) is 1.00. The van der Waals surface area contributed by atoms with E-state index < -0.39 is 0 Å². The van der Waals surface area contributed by atoms with Crippen molar-refractivity contribution >= 4 is 16.9 Å². The van der Waals surface area contributed by atoms with Gasteiger partial charge in [0.1, 0.15) is 12.4 Å². The molecule has 0 saturated carbocycles. The lowest BCUT2D eigenvalue weighted by Gasteiger charge is -2.40. The number of benzene rings is 2. The fourth-order valence-electron chi connectivity index (χ4n) is 5.26. The summed E-state index contributed by atoms with van der Waals surface area (Å²) in [6.45, 7) is 6.73. The number of nitrogens with zero attached hydrogens (tertiary/aromatic N) is 1. The van der Waals surface area contributed by atoms with E-state index in [2.05, 4.69) is 53.2 Å². The first-order valence-corrected chi connectivity index (χ1v) is 12.0. The zero-order valence-electron chi connectivity index (χ0n) is 19.5. The highest BCUT2D eigenvalue weighted by molar-refractivity contribution is 5.86. The molecule has 172 valence electrons. The maximum Gasteiger partial charge on any atom is 0.302 e. The normalized spacial score (nSPS) is 18.8. The van der Waals surface area contributed by atoms with Crippen molar-refractivity contribution in [1.82, 2.24) is 9.88 Å². The molecule has 0 fully saturated rings. The number of rotatable bonds is 7. The Labute approximate surface area is 195 Å². The van der Waals surface area contributed by atoms with Crippen LogP contribution in [0.25, 0.3) is 10.9 Å². The van der Waals surface area contributed by atoms with Gasteiger partial charge in [-0.05, 0) is 48.6 Å². The summed E-state index contributed by atoms with van der Waals surface area (Å²) >= 11 is 0. The van der Waals surface area contributed by atoms with Crippen molar-refractivity contribution < 1.29 is 14.3 Å². The number of hydrogen-bond acceptors (Lipinski definition) is 4. The quantitative estimate of drug-likeness (QED) is 0.383. The summed E-state index contributed by atoms with van der Waals surface area (Å²) in [6, 6.07) is 17.0. The highest BCUT2D eigenvalue weighted by Crippen LogP contribution is 2.42. The molecule has 0 radical (unpaired) electrons. The van der Waals surface area contributed by atoms with Gasteiger partial charge in [-0.1, -0.05) is 48.9 Å². The van der Waals surface area contributed by atoms with Gasteiger partial charge >= 0.3 is 5.97 Å². The van der Waals surface area contributed by atoms with E-state index in [-0.39, 0.29) is 5.97 Å². The molecule has 0 spiro atoms. The second-order valence-corrected chi connectivity index (χ2v) is 9.15. The molecule has 0 bridgehead atoms. The lowest BCUT2D eigenvalue weighted by molar-refractivity contribution is -0.142. The van der Waals surface area contributed by atoms with Gasteiger partial charge in [0.15, 0.2) is 0 Å². The first-order chi connectivity index (χ1) is 16.1. The minimum atomic E-state index is -0.202. The smallest absolute Gasteiger partial charge is 0.302 e. The van der Waals surface area contributed by atoms with Crippen LogP contribution in [0.3, 0.4) is 0 Å². The predicted molar refractivity (Wildman–Crippen MR) is 130 cm³/mol. The largest absolute Gasteiger partial charge is 0.489 e. The number of ether oxygens (including phenoxy) is 2. The van der Waals surface area contributed by atoms with Gasteiger partial charge in [-0.3, -0.25) is 9.69 Å². The lowest BCUT2D eigenvalue weighted by Crippen LogP contribution is -2.39. The van der Waals surface area contributed by atoms with Crippen molar-refractivity contribution in [2.45, 2.75) is 45.8 Å². The zero-order valence-corrected chi connectivity index (χ0v) is 19.5. The monoisotopic (exact) mass is 444 g/mol. The van der Waals surface area contributed by atoms with Crippen LogP contribution in [0.2, 0.25) is 0 Å². The van der Waals surface area contributed by atoms with Crippen LogP contribution in [0.15, 0.2) is 60.2 Å². The van der Waals surface area contributed by atoms with Gasteiger partial charge in [0.05, 0.1) is 12.6 Å². The molecule has 5 rings (SSSR count). The van der Waals surface area contributed by atoms with E-state index in [1.165, 1.54) is 40.2 Å². The third-order valence-electron chi connectivity index (χ3n) is 7.10. The average molecular weight is 445 g/mol. The second kappa shape index (κ2) is 9.44. The van der Waals surface area contributed by atoms with Gasteiger partial charge in [-0.25, -0.2) is 0 Å². The van der Waals surface area contributed by atoms with E-state index >= 15 is 0 Å². The topological polar surface area (TPSA) is 54.6 Å². The van der Waals surface area contributed by atoms with Crippen LogP contribution in [-0.4, -0.2) is 35.5 Å². The molecule has 0 aliphatic carbocycles. The second-order valence-electron chi connectivity index (χ2n) is 9.15. The molecular formula is C28H32N2O3. The number of fused-ring (bicyclic) bond motifs is 5. The SMILES string of the molecule is CCC(COC(C)=O)C1=CCN2CCc3c([nH]c4ccc(OCc5ccccc5)cc34)C2C1. The van der Waals surface area contributed by atoms with Crippen LogP contribution in [0.4, 0.5) is 0 Å². The van der Waals surface area contributed by atoms with E-state index in [0.717, 1.165) is 38.1 Å². The number of hydrogen-bond donors (Lipinski definition) is 1. The fraction of sp³-hybridized carbons (Fsp3) is 0.393. The molecule has 2 unspecified atom stereocenters. The first kappa shape index (κ1) is 21.8. The van der Waals surface area contributed by atoms with Crippen LogP contribution in [0.5, 0.6) is 5.75 Å². The number of aromatic amines is 1. The fourth-order valence-corrected chi connectivity index (χ4v) is 5.26. The maximum atomic E-state index is 11.3. The van der Waals surface area contributed by atoms with E-state index in [1.54, 1.807) is 0 Å². The molecule has 2 atom stereocenters.